The average Bonchev–Trinajstić information content (AvgIpc) is 3.29. The van der Waals surface area contributed by atoms with Crippen LogP contribution in [-0.2, 0) is 4.79 Å². The van der Waals surface area contributed by atoms with Crippen LogP contribution in [0.3, 0.4) is 0 Å². The first-order valence-electron chi connectivity index (χ1n) is 8.45. The molecule has 3 N–H and O–H groups in total. The Morgan fingerprint density at radius 2 is 1.83 bits per heavy atom. The summed E-state index contributed by atoms with van der Waals surface area (Å²) in [7, 11) is 0. The zero-order valence-corrected chi connectivity index (χ0v) is 15.9. The number of nitrogens with zero attached hydrogens (tertiary/aromatic N) is 1. The second kappa shape index (κ2) is 9.04. The number of likely N-dealkylation sites (tertiary alicyclic amines) is 1. The van der Waals surface area contributed by atoms with E-state index in [1.165, 1.54) is 18.4 Å². The molecule has 4 nitrogen and oxygen atoms in total. The summed E-state index contributed by atoms with van der Waals surface area (Å²) in [4.78, 5) is 14.6. The zero-order chi connectivity index (χ0) is 15.6. The highest BCUT2D eigenvalue weighted by Gasteiger charge is 2.46. The normalized spacial score (nSPS) is 21.1. The highest BCUT2D eigenvalue weighted by atomic mass is 35.5. The van der Waals surface area contributed by atoms with Crippen molar-refractivity contribution in [2.75, 3.05) is 19.6 Å². The molecule has 0 bridgehead atoms. The molecule has 2 aliphatic rings. The van der Waals surface area contributed by atoms with Gasteiger partial charge in [0, 0.05) is 6.54 Å². The lowest BCUT2D eigenvalue weighted by atomic mass is 9.95. The molecule has 6 heteroatoms. The minimum Gasteiger partial charge on any atom is -0.353 e. The van der Waals surface area contributed by atoms with Gasteiger partial charge in [-0.25, -0.2) is 0 Å². The van der Waals surface area contributed by atoms with E-state index < -0.39 is 5.54 Å². The maximum Gasteiger partial charge on any atom is 0.240 e. The molecule has 1 aliphatic carbocycles. The number of halogens is 2. The van der Waals surface area contributed by atoms with Crippen molar-refractivity contribution in [3.8, 4) is 0 Å². The minimum atomic E-state index is -0.586. The van der Waals surface area contributed by atoms with Crippen molar-refractivity contribution in [3.63, 3.8) is 0 Å². The molecule has 0 spiro atoms. The first kappa shape index (κ1) is 21.2. The molecule has 1 aromatic rings. The number of nitrogens with one attached hydrogen (secondary N) is 1. The molecule has 3 rings (SSSR count). The predicted molar refractivity (Wildman–Crippen MR) is 103 cm³/mol. The van der Waals surface area contributed by atoms with Crippen LogP contribution in [0.4, 0.5) is 0 Å². The number of carbonyl (C=O) groups is 1. The van der Waals surface area contributed by atoms with E-state index in [9.17, 15) is 4.79 Å². The number of piperidine rings is 1. The molecule has 1 unspecified atom stereocenters. The number of benzene rings is 1. The monoisotopic (exact) mass is 373 g/mol. The smallest absolute Gasteiger partial charge is 0.240 e. The topological polar surface area (TPSA) is 58.4 Å². The Morgan fingerprint density at radius 1 is 1.25 bits per heavy atom. The summed E-state index contributed by atoms with van der Waals surface area (Å²) in [6.07, 6.45) is 4.10. The fourth-order valence-electron chi connectivity index (χ4n) is 3.20. The van der Waals surface area contributed by atoms with Crippen molar-refractivity contribution in [2.24, 2.45) is 11.7 Å². The van der Waals surface area contributed by atoms with E-state index in [0.29, 0.717) is 6.54 Å². The van der Waals surface area contributed by atoms with Crippen LogP contribution in [0.25, 0.3) is 0 Å². The fourth-order valence-corrected chi connectivity index (χ4v) is 3.20. The van der Waals surface area contributed by atoms with Gasteiger partial charge in [0.15, 0.2) is 0 Å². The fraction of sp³-hybridized carbons (Fsp3) is 0.611. The second-order valence-corrected chi connectivity index (χ2v) is 7.01. The summed E-state index contributed by atoms with van der Waals surface area (Å²) in [6, 6.07) is 10.7. The van der Waals surface area contributed by atoms with Gasteiger partial charge in [-0.2, -0.15) is 0 Å². The maximum absolute atomic E-state index is 12.1. The SMILES string of the molecule is CC1CCN(C(CNC(=O)C2(N)CC2)c2ccccc2)CC1.Cl.Cl. The van der Waals surface area contributed by atoms with Crippen molar-refractivity contribution in [2.45, 2.75) is 44.2 Å². The van der Waals surface area contributed by atoms with Crippen molar-refractivity contribution in [3.05, 3.63) is 35.9 Å². The number of rotatable bonds is 5. The first-order chi connectivity index (χ1) is 10.6. The van der Waals surface area contributed by atoms with Gasteiger partial charge < -0.3 is 11.1 Å². The predicted octanol–water partition coefficient (Wildman–Crippen LogP) is 2.91. The Kier molecular flexibility index (Phi) is 8.00. The number of hydrogen-bond acceptors (Lipinski definition) is 3. The van der Waals surface area contributed by atoms with E-state index in [4.69, 9.17) is 5.73 Å². The summed E-state index contributed by atoms with van der Waals surface area (Å²) in [5.41, 5.74) is 6.68. The van der Waals surface area contributed by atoms with Crippen molar-refractivity contribution < 1.29 is 4.79 Å². The highest BCUT2D eigenvalue weighted by Crippen LogP contribution is 2.32. The summed E-state index contributed by atoms with van der Waals surface area (Å²) in [5.74, 6) is 0.819. The molecule has 1 aliphatic heterocycles. The maximum atomic E-state index is 12.1. The molecular weight excluding hydrogens is 345 g/mol. The van der Waals surface area contributed by atoms with Crippen LogP contribution in [0.15, 0.2) is 30.3 Å². The number of carbonyl (C=O) groups excluding carboxylic acids is 1. The van der Waals surface area contributed by atoms with Gasteiger partial charge in [-0.3, -0.25) is 9.69 Å². The van der Waals surface area contributed by atoms with Gasteiger partial charge in [0.05, 0.1) is 11.6 Å². The summed E-state index contributed by atoms with van der Waals surface area (Å²) < 4.78 is 0. The third kappa shape index (κ3) is 5.09. The largest absolute Gasteiger partial charge is 0.353 e. The molecule has 0 aromatic heterocycles. The Hall–Kier alpha value is -0.810. The lowest BCUT2D eigenvalue weighted by Crippen LogP contribution is -2.47. The molecule has 1 amide bonds. The summed E-state index contributed by atoms with van der Waals surface area (Å²) >= 11 is 0. The van der Waals surface area contributed by atoms with Crippen LogP contribution in [0.1, 0.15) is 44.2 Å². The Labute approximate surface area is 157 Å². The summed E-state index contributed by atoms with van der Waals surface area (Å²) in [5, 5.41) is 3.09. The Balaban J connectivity index is 0.00000144. The van der Waals surface area contributed by atoms with E-state index in [1.807, 2.05) is 6.07 Å². The molecule has 1 saturated heterocycles. The number of hydrogen-bond donors (Lipinski definition) is 2. The number of amides is 1. The zero-order valence-electron chi connectivity index (χ0n) is 14.2. The quantitative estimate of drug-likeness (QED) is 0.833. The molecular formula is C18H29Cl2N3O. The summed E-state index contributed by atoms with van der Waals surface area (Å²) in [6.45, 7) is 5.17. The van der Waals surface area contributed by atoms with E-state index >= 15 is 0 Å². The van der Waals surface area contributed by atoms with Gasteiger partial charge in [0.1, 0.15) is 0 Å². The highest BCUT2D eigenvalue weighted by molar-refractivity contribution is 5.89. The van der Waals surface area contributed by atoms with Gasteiger partial charge in [0.2, 0.25) is 5.91 Å². The lowest BCUT2D eigenvalue weighted by molar-refractivity contribution is -0.123. The van der Waals surface area contributed by atoms with Crippen LogP contribution in [0.5, 0.6) is 0 Å². The van der Waals surface area contributed by atoms with E-state index in [1.54, 1.807) is 0 Å². The van der Waals surface area contributed by atoms with Crippen LogP contribution in [0, 0.1) is 5.92 Å². The van der Waals surface area contributed by atoms with E-state index in [0.717, 1.165) is 31.8 Å². The molecule has 1 aromatic carbocycles. The lowest BCUT2D eigenvalue weighted by Gasteiger charge is -2.37. The molecule has 0 radical (unpaired) electrons. The second-order valence-electron chi connectivity index (χ2n) is 7.01. The first-order valence-corrected chi connectivity index (χ1v) is 8.45. The Bertz CT molecular complexity index is 514. The van der Waals surface area contributed by atoms with Crippen LogP contribution < -0.4 is 11.1 Å². The molecule has 136 valence electrons. The standard InChI is InChI=1S/C18H27N3O.2ClH/c1-14-7-11-21(12-8-14)16(15-5-3-2-4-6-15)13-20-17(22)18(19)9-10-18;;/h2-6,14,16H,7-13,19H2,1H3,(H,20,22);2*1H. The van der Waals surface area contributed by atoms with Gasteiger partial charge in [0.25, 0.3) is 0 Å². The van der Waals surface area contributed by atoms with Crippen LogP contribution >= 0.6 is 24.8 Å². The van der Waals surface area contributed by atoms with Gasteiger partial charge >= 0.3 is 0 Å². The van der Waals surface area contributed by atoms with Crippen molar-refractivity contribution in [1.29, 1.82) is 0 Å². The van der Waals surface area contributed by atoms with Crippen molar-refractivity contribution >= 4 is 30.7 Å². The molecule has 24 heavy (non-hydrogen) atoms. The average molecular weight is 374 g/mol. The number of nitrogens with two attached hydrogens (primary N) is 1. The molecule has 1 heterocycles. The third-order valence-corrected chi connectivity index (χ3v) is 5.14. The van der Waals surface area contributed by atoms with Crippen LogP contribution in [-0.4, -0.2) is 36.0 Å². The molecule has 1 atom stereocenters. The van der Waals surface area contributed by atoms with Crippen molar-refractivity contribution in [1.82, 2.24) is 10.2 Å². The Morgan fingerprint density at radius 3 is 2.38 bits per heavy atom. The van der Waals surface area contributed by atoms with E-state index in [-0.39, 0.29) is 36.8 Å². The van der Waals surface area contributed by atoms with Gasteiger partial charge in [-0.05, 0) is 50.3 Å². The minimum absolute atomic E-state index is 0. The van der Waals surface area contributed by atoms with Gasteiger partial charge in [-0.1, -0.05) is 37.3 Å². The van der Waals surface area contributed by atoms with Crippen LogP contribution in [0.2, 0.25) is 0 Å². The van der Waals surface area contributed by atoms with E-state index in [2.05, 4.69) is 41.4 Å². The molecule has 1 saturated carbocycles. The van der Waals surface area contributed by atoms with Gasteiger partial charge in [-0.15, -0.1) is 24.8 Å². The molecule has 2 fully saturated rings. The third-order valence-electron chi connectivity index (χ3n) is 5.14.